The minimum absolute atomic E-state index is 0.0993. The summed E-state index contributed by atoms with van der Waals surface area (Å²) >= 11 is 7.30. The Balaban J connectivity index is 2.44. The molecule has 0 saturated heterocycles. The van der Waals surface area contributed by atoms with Crippen molar-refractivity contribution in [1.29, 1.82) is 0 Å². The van der Waals surface area contributed by atoms with E-state index in [0.717, 1.165) is 11.3 Å². The predicted octanol–water partition coefficient (Wildman–Crippen LogP) is 4.21. The minimum Gasteiger partial charge on any atom is -0.275 e. The van der Waals surface area contributed by atoms with Gasteiger partial charge in [-0.1, -0.05) is 6.07 Å². The Kier molecular flexibility index (Phi) is 4.10. The highest BCUT2D eigenvalue weighted by atomic mass is 79.9. The van der Waals surface area contributed by atoms with Crippen LogP contribution in [-0.4, -0.2) is 8.42 Å². The van der Waals surface area contributed by atoms with Crippen LogP contribution in [-0.2, 0) is 10.0 Å². The molecule has 0 amide bonds. The lowest BCUT2D eigenvalue weighted by Crippen LogP contribution is -2.13. The van der Waals surface area contributed by atoms with E-state index in [-0.39, 0.29) is 9.90 Å². The third-order valence-electron chi connectivity index (χ3n) is 2.03. The van der Waals surface area contributed by atoms with Gasteiger partial charge in [-0.3, -0.25) is 4.72 Å². The van der Waals surface area contributed by atoms with E-state index in [1.807, 2.05) is 0 Å². The quantitative estimate of drug-likeness (QED) is 0.817. The molecular formula is C10H6Br2FNO2S2. The maximum absolute atomic E-state index is 13.6. The van der Waals surface area contributed by atoms with Gasteiger partial charge in [0.05, 0.1) is 5.69 Å². The number of sulfonamides is 1. The van der Waals surface area contributed by atoms with Crippen LogP contribution < -0.4 is 4.72 Å². The fourth-order valence-electron chi connectivity index (χ4n) is 1.25. The van der Waals surface area contributed by atoms with Gasteiger partial charge in [-0.2, -0.15) is 0 Å². The fourth-order valence-corrected chi connectivity index (χ4v) is 5.25. The molecule has 0 radical (unpaired) electrons. The highest BCUT2D eigenvalue weighted by Gasteiger charge is 2.21. The maximum Gasteiger partial charge on any atom is 0.272 e. The fraction of sp³-hybridized carbons (Fsp3) is 0. The average Bonchev–Trinajstić information content (AvgIpc) is 2.71. The molecule has 1 aromatic carbocycles. The van der Waals surface area contributed by atoms with Crippen molar-refractivity contribution >= 4 is 58.9 Å². The zero-order valence-electron chi connectivity index (χ0n) is 8.65. The molecule has 0 aliphatic rings. The Morgan fingerprint density at radius 3 is 2.44 bits per heavy atom. The van der Waals surface area contributed by atoms with Gasteiger partial charge >= 0.3 is 0 Å². The zero-order valence-corrected chi connectivity index (χ0v) is 13.5. The van der Waals surface area contributed by atoms with Gasteiger partial charge in [-0.15, -0.1) is 11.3 Å². The molecular weight excluding hydrogens is 409 g/mol. The van der Waals surface area contributed by atoms with Gasteiger partial charge in [0.2, 0.25) is 0 Å². The van der Waals surface area contributed by atoms with Crippen molar-refractivity contribution in [3.63, 3.8) is 0 Å². The minimum atomic E-state index is -3.79. The lowest BCUT2D eigenvalue weighted by Gasteiger charge is -2.09. The van der Waals surface area contributed by atoms with Gasteiger partial charge in [0.25, 0.3) is 10.0 Å². The van der Waals surface area contributed by atoms with Crippen LogP contribution in [0.2, 0.25) is 0 Å². The standard InChI is InChI=1S/C10H6Br2FNO2S2/c11-6-2-1-3-8(13)9(6)14-18(15,16)10-7(12)4-5-17-10/h1-5,14H. The zero-order chi connectivity index (χ0) is 13.3. The molecule has 2 aromatic rings. The lowest BCUT2D eigenvalue weighted by molar-refractivity contribution is 0.600. The van der Waals surface area contributed by atoms with Gasteiger partial charge in [-0.25, -0.2) is 12.8 Å². The number of nitrogens with one attached hydrogen (secondary N) is 1. The van der Waals surface area contributed by atoms with E-state index in [9.17, 15) is 12.8 Å². The topological polar surface area (TPSA) is 46.2 Å². The Hall–Kier alpha value is -0.440. The first-order valence-corrected chi connectivity index (χ1v) is 8.56. The molecule has 0 spiro atoms. The molecule has 0 saturated carbocycles. The molecule has 1 heterocycles. The van der Waals surface area contributed by atoms with Gasteiger partial charge < -0.3 is 0 Å². The summed E-state index contributed by atoms with van der Waals surface area (Å²) in [5.41, 5.74) is -0.0993. The number of anilines is 1. The molecule has 0 unspecified atom stereocenters. The van der Waals surface area contributed by atoms with Gasteiger partial charge in [-0.05, 0) is 55.4 Å². The number of halogens is 3. The number of hydrogen-bond donors (Lipinski definition) is 1. The third kappa shape index (κ3) is 2.76. The van der Waals surface area contributed by atoms with E-state index >= 15 is 0 Å². The highest BCUT2D eigenvalue weighted by Crippen LogP contribution is 2.32. The Bertz CT molecular complexity index is 665. The largest absolute Gasteiger partial charge is 0.275 e. The van der Waals surface area contributed by atoms with E-state index < -0.39 is 15.8 Å². The lowest BCUT2D eigenvalue weighted by atomic mass is 10.3. The third-order valence-corrected chi connectivity index (χ3v) is 6.71. The van der Waals surface area contributed by atoms with Gasteiger partial charge in [0.15, 0.2) is 4.21 Å². The summed E-state index contributed by atoms with van der Waals surface area (Å²) in [7, 11) is -3.79. The number of para-hydroxylation sites is 1. The van der Waals surface area contributed by atoms with E-state index in [1.54, 1.807) is 17.5 Å². The summed E-state index contributed by atoms with van der Waals surface area (Å²) in [6.07, 6.45) is 0. The van der Waals surface area contributed by atoms with Crippen molar-refractivity contribution in [1.82, 2.24) is 0 Å². The SMILES string of the molecule is O=S(=O)(Nc1c(F)cccc1Br)c1sccc1Br. The number of rotatable bonds is 3. The van der Waals surface area contributed by atoms with Crippen LogP contribution >= 0.6 is 43.2 Å². The second-order valence-corrected chi connectivity index (χ2v) is 7.76. The van der Waals surface area contributed by atoms with Crippen LogP contribution in [0.1, 0.15) is 0 Å². The summed E-state index contributed by atoms with van der Waals surface area (Å²) in [4.78, 5) is 0. The average molecular weight is 415 g/mol. The molecule has 0 aliphatic carbocycles. The van der Waals surface area contributed by atoms with E-state index in [1.165, 1.54) is 12.1 Å². The summed E-state index contributed by atoms with van der Waals surface area (Å²) in [5, 5.41) is 1.63. The van der Waals surface area contributed by atoms with Crippen LogP contribution in [0.4, 0.5) is 10.1 Å². The van der Waals surface area contributed by atoms with Crippen molar-refractivity contribution in [2.24, 2.45) is 0 Å². The van der Waals surface area contributed by atoms with Crippen LogP contribution in [0.15, 0.2) is 42.8 Å². The molecule has 18 heavy (non-hydrogen) atoms. The molecule has 3 nitrogen and oxygen atoms in total. The first kappa shape index (κ1) is 14.0. The predicted molar refractivity (Wildman–Crippen MR) is 76.9 cm³/mol. The van der Waals surface area contributed by atoms with Gasteiger partial charge in [0.1, 0.15) is 5.82 Å². The summed E-state index contributed by atoms with van der Waals surface area (Å²) in [5.74, 6) is -0.638. The first-order chi connectivity index (χ1) is 8.42. The van der Waals surface area contributed by atoms with Crippen LogP contribution in [0.5, 0.6) is 0 Å². The summed E-state index contributed by atoms with van der Waals surface area (Å²) < 4.78 is 40.8. The highest BCUT2D eigenvalue weighted by molar-refractivity contribution is 9.11. The Morgan fingerprint density at radius 2 is 1.89 bits per heavy atom. The molecule has 0 fully saturated rings. The summed E-state index contributed by atoms with van der Waals surface area (Å²) in [6.45, 7) is 0. The number of hydrogen-bond acceptors (Lipinski definition) is 3. The molecule has 96 valence electrons. The van der Waals surface area contributed by atoms with Crippen molar-refractivity contribution in [3.8, 4) is 0 Å². The first-order valence-electron chi connectivity index (χ1n) is 4.61. The van der Waals surface area contributed by atoms with Crippen LogP contribution in [0.3, 0.4) is 0 Å². The summed E-state index contributed by atoms with van der Waals surface area (Å²) in [6, 6.07) is 5.85. The monoisotopic (exact) mass is 413 g/mol. The maximum atomic E-state index is 13.6. The van der Waals surface area contributed by atoms with Crippen LogP contribution in [0.25, 0.3) is 0 Å². The van der Waals surface area contributed by atoms with Crippen molar-refractivity contribution in [2.45, 2.75) is 4.21 Å². The Morgan fingerprint density at radius 1 is 1.17 bits per heavy atom. The molecule has 2 rings (SSSR count). The van der Waals surface area contributed by atoms with E-state index in [0.29, 0.717) is 8.95 Å². The smallest absolute Gasteiger partial charge is 0.272 e. The molecule has 0 atom stereocenters. The molecule has 0 aliphatic heterocycles. The molecule has 1 aromatic heterocycles. The molecule has 0 bridgehead atoms. The van der Waals surface area contributed by atoms with Gasteiger partial charge in [0, 0.05) is 8.95 Å². The molecule has 1 N–H and O–H groups in total. The van der Waals surface area contributed by atoms with Crippen molar-refractivity contribution < 1.29 is 12.8 Å². The van der Waals surface area contributed by atoms with E-state index in [2.05, 4.69) is 36.6 Å². The second kappa shape index (κ2) is 5.28. The normalized spacial score (nSPS) is 11.5. The number of benzene rings is 1. The number of thiophene rings is 1. The Labute approximate surface area is 124 Å². The van der Waals surface area contributed by atoms with Crippen molar-refractivity contribution in [3.05, 3.63) is 44.4 Å². The second-order valence-electron chi connectivity index (χ2n) is 3.26. The van der Waals surface area contributed by atoms with Crippen molar-refractivity contribution in [2.75, 3.05) is 4.72 Å². The molecule has 8 heteroatoms. The van der Waals surface area contributed by atoms with Crippen LogP contribution in [0, 0.1) is 5.82 Å². The van der Waals surface area contributed by atoms with E-state index in [4.69, 9.17) is 0 Å².